The van der Waals surface area contributed by atoms with Gasteiger partial charge < -0.3 is 0 Å². The first-order valence-electron chi connectivity index (χ1n) is 4.27. The molecule has 0 amide bonds. The lowest BCUT2D eigenvalue weighted by Gasteiger charge is -2.16. The third kappa shape index (κ3) is 2.17. The molecule has 0 spiro atoms. The summed E-state index contributed by atoms with van der Waals surface area (Å²) >= 11 is 0. The van der Waals surface area contributed by atoms with E-state index in [9.17, 15) is 14.5 Å². The van der Waals surface area contributed by atoms with Gasteiger partial charge in [-0.2, -0.15) is 0 Å². The van der Waals surface area contributed by atoms with E-state index in [4.69, 9.17) is 0 Å². The van der Waals surface area contributed by atoms with E-state index in [1.807, 2.05) is 19.6 Å². The highest BCUT2D eigenvalue weighted by molar-refractivity contribution is 6.88. The molecule has 0 heterocycles. The molecule has 0 saturated carbocycles. The fourth-order valence-corrected chi connectivity index (χ4v) is 2.60. The first kappa shape index (κ1) is 10.8. The third-order valence-electron chi connectivity index (χ3n) is 1.97. The van der Waals surface area contributed by atoms with E-state index < -0.39 is 18.8 Å². The average molecular weight is 213 g/mol. The number of hydrogen-bond acceptors (Lipinski definition) is 2. The molecule has 0 N–H and O–H groups in total. The van der Waals surface area contributed by atoms with Crippen molar-refractivity contribution >= 4 is 18.9 Å². The fourth-order valence-electron chi connectivity index (χ4n) is 1.23. The van der Waals surface area contributed by atoms with E-state index >= 15 is 0 Å². The smallest absolute Gasteiger partial charge is 0.258 e. The van der Waals surface area contributed by atoms with Gasteiger partial charge in [-0.15, -0.1) is 0 Å². The summed E-state index contributed by atoms with van der Waals surface area (Å²) in [6.07, 6.45) is 0. The van der Waals surface area contributed by atoms with Gasteiger partial charge in [0.15, 0.2) is 0 Å². The Morgan fingerprint density at radius 3 is 2.29 bits per heavy atom. The highest BCUT2D eigenvalue weighted by Gasteiger charge is 2.22. The van der Waals surface area contributed by atoms with Crippen molar-refractivity contribution < 1.29 is 9.31 Å². The van der Waals surface area contributed by atoms with Crippen molar-refractivity contribution in [3.63, 3.8) is 0 Å². The molecule has 0 unspecified atom stereocenters. The monoisotopic (exact) mass is 213 g/mol. The molecule has 5 heteroatoms. The van der Waals surface area contributed by atoms with Crippen LogP contribution in [0.2, 0.25) is 19.6 Å². The van der Waals surface area contributed by atoms with Gasteiger partial charge in [0.25, 0.3) is 5.69 Å². The first-order chi connectivity index (χ1) is 6.32. The topological polar surface area (TPSA) is 43.1 Å². The molecular weight excluding hydrogens is 201 g/mol. The van der Waals surface area contributed by atoms with Crippen LogP contribution in [-0.2, 0) is 0 Å². The number of rotatable bonds is 2. The van der Waals surface area contributed by atoms with Crippen molar-refractivity contribution in [3.05, 3.63) is 34.1 Å². The summed E-state index contributed by atoms with van der Waals surface area (Å²) in [5, 5.41) is 11.0. The zero-order chi connectivity index (χ0) is 10.9. The normalized spacial score (nSPS) is 11.4. The van der Waals surface area contributed by atoms with Crippen LogP contribution in [0.5, 0.6) is 0 Å². The summed E-state index contributed by atoms with van der Waals surface area (Å²) in [5.41, 5.74) is -0.190. The number of benzene rings is 1. The minimum atomic E-state index is -1.73. The largest absolute Gasteiger partial charge is 0.272 e. The van der Waals surface area contributed by atoms with E-state index in [2.05, 4.69) is 0 Å². The molecule has 0 aliphatic carbocycles. The lowest BCUT2D eigenvalue weighted by Crippen LogP contribution is -2.39. The van der Waals surface area contributed by atoms with E-state index in [0.29, 0.717) is 5.19 Å². The van der Waals surface area contributed by atoms with Crippen molar-refractivity contribution in [1.29, 1.82) is 0 Å². The quantitative estimate of drug-likeness (QED) is 0.429. The Morgan fingerprint density at radius 1 is 1.36 bits per heavy atom. The van der Waals surface area contributed by atoms with Crippen molar-refractivity contribution in [3.8, 4) is 0 Å². The number of non-ortho nitro benzene ring substituents is 1. The van der Waals surface area contributed by atoms with Crippen molar-refractivity contribution in [2.24, 2.45) is 0 Å². The van der Waals surface area contributed by atoms with Gasteiger partial charge in [0, 0.05) is 6.07 Å². The molecule has 0 aliphatic rings. The van der Waals surface area contributed by atoms with Crippen LogP contribution in [0.3, 0.4) is 0 Å². The Bertz CT molecular complexity index is 374. The van der Waals surface area contributed by atoms with Crippen molar-refractivity contribution in [2.75, 3.05) is 0 Å². The predicted octanol–water partition coefficient (Wildman–Crippen LogP) is 2.28. The molecule has 76 valence electrons. The van der Waals surface area contributed by atoms with Gasteiger partial charge in [-0.05, 0) is 5.19 Å². The zero-order valence-corrected chi connectivity index (χ0v) is 9.37. The SMILES string of the molecule is C[Si](C)(C)c1ccc([N+](=O)[O-])cc1F. The summed E-state index contributed by atoms with van der Waals surface area (Å²) in [6, 6.07) is 3.88. The summed E-state index contributed by atoms with van der Waals surface area (Å²) < 4.78 is 13.4. The minimum absolute atomic E-state index is 0.190. The van der Waals surface area contributed by atoms with Gasteiger partial charge in [-0.3, -0.25) is 10.1 Å². The number of nitro benzene ring substituents is 1. The summed E-state index contributed by atoms with van der Waals surface area (Å²) in [5.74, 6) is -0.460. The van der Waals surface area contributed by atoms with Gasteiger partial charge in [0.1, 0.15) is 5.82 Å². The van der Waals surface area contributed by atoms with Crippen LogP contribution in [-0.4, -0.2) is 13.0 Å². The number of nitrogens with zero attached hydrogens (tertiary/aromatic N) is 1. The Kier molecular flexibility index (Phi) is 2.70. The summed E-state index contributed by atoms with van der Waals surface area (Å²) in [6.45, 7) is 5.99. The van der Waals surface area contributed by atoms with Gasteiger partial charge >= 0.3 is 0 Å². The Labute approximate surface area is 82.7 Å². The van der Waals surface area contributed by atoms with Crippen LogP contribution in [0, 0.1) is 15.9 Å². The summed E-state index contributed by atoms with van der Waals surface area (Å²) in [7, 11) is -1.73. The maximum absolute atomic E-state index is 13.4. The van der Waals surface area contributed by atoms with Gasteiger partial charge in [-0.25, -0.2) is 4.39 Å². The van der Waals surface area contributed by atoms with Crippen molar-refractivity contribution in [1.82, 2.24) is 0 Å². The standard InChI is InChI=1S/C9H12FNO2Si/c1-14(2,3)9-5-4-7(11(12)13)6-8(9)10/h4-6H,1-3H3. The molecule has 0 aliphatic heterocycles. The molecule has 0 atom stereocenters. The second kappa shape index (κ2) is 3.49. The van der Waals surface area contributed by atoms with E-state index in [1.165, 1.54) is 12.1 Å². The number of halogens is 1. The molecule has 1 aromatic carbocycles. The van der Waals surface area contributed by atoms with Gasteiger partial charge in [0.05, 0.1) is 19.1 Å². The molecule has 0 radical (unpaired) electrons. The maximum Gasteiger partial charge on any atom is 0.272 e. The molecular formula is C9H12FNO2Si. The molecule has 1 rings (SSSR count). The first-order valence-corrected chi connectivity index (χ1v) is 7.77. The Balaban J connectivity index is 3.21. The maximum atomic E-state index is 13.4. The van der Waals surface area contributed by atoms with E-state index in [-0.39, 0.29) is 5.69 Å². The molecule has 0 fully saturated rings. The van der Waals surface area contributed by atoms with Crippen LogP contribution in [0.1, 0.15) is 0 Å². The van der Waals surface area contributed by atoms with Crippen molar-refractivity contribution in [2.45, 2.75) is 19.6 Å². The highest BCUT2D eigenvalue weighted by atomic mass is 28.3. The lowest BCUT2D eigenvalue weighted by molar-refractivity contribution is -0.385. The predicted molar refractivity (Wildman–Crippen MR) is 56.0 cm³/mol. The van der Waals surface area contributed by atoms with Gasteiger partial charge in [-0.1, -0.05) is 25.7 Å². The molecule has 3 nitrogen and oxygen atoms in total. The Morgan fingerprint density at radius 2 is 1.93 bits per heavy atom. The highest BCUT2D eigenvalue weighted by Crippen LogP contribution is 2.14. The van der Waals surface area contributed by atoms with Crippen LogP contribution in [0.4, 0.5) is 10.1 Å². The van der Waals surface area contributed by atoms with Crippen LogP contribution < -0.4 is 5.19 Å². The zero-order valence-electron chi connectivity index (χ0n) is 8.37. The minimum Gasteiger partial charge on any atom is -0.258 e. The number of nitro groups is 1. The second-order valence-corrected chi connectivity index (χ2v) is 9.21. The second-order valence-electron chi connectivity index (χ2n) is 4.17. The lowest BCUT2D eigenvalue weighted by atomic mass is 10.3. The van der Waals surface area contributed by atoms with Gasteiger partial charge in [0.2, 0.25) is 0 Å². The molecule has 0 bridgehead atoms. The van der Waals surface area contributed by atoms with Crippen LogP contribution >= 0.6 is 0 Å². The number of hydrogen-bond donors (Lipinski definition) is 0. The fraction of sp³-hybridized carbons (Fsp3) is 0.333. The Hall–Kier alpha value is -1.23. The third-order valence-corrected chi connectivity index (χ3v) is 3.99. The molecule has 1 aromatic rings. The molecule has 0 saturated heterocycles. The van der Waals surface area contributed by atoms with Crippen LogP contribution in [0.15, 0.2) is 18.2 Å². The molecule has 14 heavy (non-hydrogen) atoms. The van der Waals surface area contributed by atoms with Crippen LogP contribution in [0.25, 0.3) is 0 Å². The summed E-state index contributed by atoms with van der Waals surface area (Å²) in [4.78, 5) is 9.78. The average Bonchev–Trinajstić information content (AvgIpc) is 2.01. The molecule has 0 aromatic heterocycles. The van der Waals surface area contributed by atoms with E-state index in [0.717, 1.165) is 6.07 Å². The van der Waals surface area contributed by atoms with E-state index in [1.54, 1.807) is 0 Å².